The van der Waals surface area contributed by atoms with Crippen LogP contribution in [0, 0.1) is 10.1 Å². The summed E-state index contributed by atoms with van der Waals surface area (Å²) in [6, 6.07) is 23.2. The van der Waals surface area contributed by atoms with Gasteiger partial charge in [0.25, 0.3) is 11.6 Å². The van der Waals surface area contributed by atoms with Crippen molar-refractivity contribution in [1.29, 1.82) is 0 Å². The van der Waals surface area contributed by atoms with Crippen LogP contribution in [-0.2, 0) is 6.61 Å². The van der Waals surface area contributed by atoms with Crippen molar-refractivity contribution in [3.63, 3.8) is 0 Å². The molecule has 2 heterocycles. The summed E-state index contributed by atoms with van der Waals surface area (Å²) in [5.74, 6) is 0.477. The molecule has 0 bridgehead atoms. The first kappa shape index (κ1) is 19.5. The Morgan fingerprint density at radius 1 is 0.969 bits per heavy atom. The molecule has 5 rings (SSSR count). The van der Waals surface area contributed by atoms with Crippen molar-refractivity contribution in [1.82, 2.24) is 15.5 Å². The van der Waals surface area contributed by atoms with E-state index in [4.69, 9.17) is 4.74 Å². The highest BCUT2D eigenvalue weighted by Gasteiger charge is 2.35. The van der Waals surface area contributed by atoms with Gasteiger partial charge in [0.15, 0.2) is 0 Å². The zero-order valence-electron chi connectivity index (χ0n) is 16.8. The molecule has 8 heteroatoms. The quantitative estimate of drug-likeness (QED) is 0.351. The van der Waals surface area contributed by atoms with E-state index in [1.807, 2.05) is 54.6 Å². The molecule has 158 valence electrons. The Bertz CT molecular complexity index is 1280. The van der Waals surface area contributed by atoms with Gasteiger partial charge in [0.05, 0.1) is 16.7 Å². The lowest BCUT2D eigenvalue weighted by Gasteiger charge is -2.14. The third kappa shape index (κ3) is 3.58. The summed E-state index contributed by atoms with van der Waals surface area (Å²) in [5, 5.41) is 21.0. The number of nitrogens with zero attached hydrogens (tertiary/aromatic N) is 2. The van der Waals surface area contributed by atoms with Crippen LogP contribution in [0.1, 0.15) is 33.2 Å². The van der Waals surface area contributed by atoms with Gasteiger partial charge >= 0.3 is 0 Å². The van der Waals surface area contributed by atoms with E-state index in [2.05, 4.69) is 15.5 Å². The lowest BCUT2D eigenvalue weighted by Crippen LogP contribution is -2.21. The number of amides is 1. The van der Waals surface area contributed by atoms with E-state index in [1.165, 1.54) is 12.1 Å². The lowest BCUT2D eigenvalue weighted by atomic mass is 9.97. The minimum absolute atomic E-state index is 0.0465. The Labute approximate surface area is 183 Å². The van der Waals surface area contributed by atoms with Crippen molar-refractivity contribution in [3.8, 4) is 17.0 Å². The SMILES string of the molecule is O=C1NC(c2ccc(OCc3ccc([N+](=O)[O-])cc3)cc2)c2c(-c3ccccc3)n[nH]c21. The normalized spacial score (nSPS) is 14.6. The average molecular weight is 426 g/mol. The van der Waals surface area contributed by atoms with Gasteiger partial charge in [0.2, 0.25) is 0 Å². The molecule has 8 nitrogen and oxygen atoms in total. The maximum Gasteiger partial charge on any atom is 0.270 e. The number of nitro benzene ring substituents is 1. The Morgan fingerprint density at radius 2 is 1.69 bits per heavy atom. The van der Waals surface area contributed by atoms with E-state index in [1.54, 1.807) is 12.1 Å². The summed E-state index contributed by atoms with van der Waals surface area (Å²) in [6.45, 7) is 0.293. The van der Waals surface area contributed by atoms with Gasteiger partial charge in [-0.25, -0.2) is 0 Å². The molecular formula is C24H18N4O4. The standard InChI is InChI=1S/C24H18N4O4/c29-24-23-20(22(26-27-23)16-4-2-1-3-5-16)21(25-24)17-8-12-19(13-9-17)32-14-15-6-10-18(11-7-15)28(30)31/h1-13,21H,14H2,(H,25,29)(H,26,27). The van der Waals surface area contributed by atoms with E-state index in [0.717, 1.165) is 27.9 Å². The summed E-state index contributed by atoms with van der Waals surface area (Å²) in [7, 11) is 0. The van der Waals surface area contributed by atoms with Crippen molar-refractivity contribution in [3.05, 3.63) is 111 Å². The van der Waals surface area contributed by atoms with Gasteiger partial charge in [0, 0.05) is 23.3 Å². The van der Waals surface area contributed by atoms with Crippen molar-refractivity contribution in [2.24, 2.45) is 0 Å². The molecule has 4 aromatic rings. The predicted molar refractivity (Wildman–Crippen MR) is 117 cm³/mol. The number of fused-ring (bicyclic) bond motifs is 1. The fourth-order valence-corrected chi connectivity index (χ4v) is 3.78. The second-order valence-electron chi connectivity index (χ2n) is 7.41. The van der Waals surface area contributed by atoms with E-state index >= 15 is 0 Å². The number of nitro groups is 1. The fraction of sp³-hybridized carbons (Fsp3) is 0.0833. The number of nitrogens with one attached hydrogen (secondary N) is 2. The van der Waals surface area contributed by atoms with Gasteiger partial charge in [-0.3, -0.25) is 20.0 Å². The number of H-pyrrole nitrogens is 1. The largest absolute Gasteiger partial charge is 0.489 e. The predicted octanol–water partition coefficient (Wildman–Crippen LogP) is 4.40. The molecule has 2 N–H and O–H groups in total. The van der Waals surface area contributed by atoms with Gasteiger partial charge in [0.1, 0.15) is 18.1 Å². The number of carbonyl (C=O) groups excluding carboxylic acids is 1. The smallest absolute Gasteiger partial charge is 0.270 e. The minimum Gasteiger partial charge on any atom is -0.489 e. The molecule has 0 saturated carbocycles. The van der Waals surface area contributed by atoms with Crippen molar-refractivity contribution in [2.75, 3.05) is 0 Å². The van der Waals surface area contributed by atoms with E-state index in [-0.39, 0.29) is 17.6 Å². The van der Waals surface area contributed by atoms with Gasteiger partial charge in [-0.1, -0.05) is 42.5 Å². The Kier molecular flexibility index (Phi) is 4.87. The molecule has 32 heavy (non-hydrogen) atoms. The summed E-state index contributed by atoms with van der Waals surface area (Å²) in [6.07, 6.45) is 0. The molecule has 1 aromatic heterocycles. The van der Waals surface area contributed by atoms with Gasteiger partial charge < -0.3 is 10.1 Å². The zero-order valence-corrected chi connectivity index (χ0v) is 16.8. The zero-order chi connectivity index (χ0) is 22.1. The van der Waals surface area contributed by atoms with E-state index in [9.17, 15) is 14.9 Å². The first-order valence-electron chi connectivity index (χ1n) is 10.0. The van der Waals surface area contributed by atoms with E-state index < -0.39 is 4.92 Å². The summed E-state index contributed by atoms with van der Waals surface area (Å²) < 4.78 is 5.80. The van der Waals surface area contributed by atoms with Crippen molar-refractivity contribution in [2.45, 2.75) is 12.6 Å². The van der Waals surface area contributed by atoms with Crippen LogP contribution in [0.4, 0.5) is 5.69 Å². The van der Waals surface area contributed by atoms with Gasteiger partial charge in [-0.15, -0.1) is 0 Å². The summed E-state index contributed by atoms with van der Waals surface area (Å²) in [4.78, 5) is 22.8. The maximum absolute atomic E-state index is 12.4. The molecule has 0 radical (unpaired) electrons. The number of non-ortho nitro benzene ring substituents is 1. The molecule has 0 fully saturated rings. The van der Waals surface area contributed by atoms with Crippen LogP contribution < -0.4 is 10.1 Å². The number of aromatic amines is 1. The highest BCUT2D eigenvalue weighted by Crippen LogP contribution is 2.37. The Hall–Kier alpha value is -4.46. The Balaban J connectivity index is 1.34. The van der Waals surface area contributed by atoms with Crippen LogP contribution in [0.2, 0.25) is 0 Å². The third-order valence-electron chi connectivity index (χ3n) is 5.41. The molecule has 1 atom stereocenters. The van der Waals surface area contributed by atoms with Crippen LogP contribution >= 0.6 is 0 Å². The summed E-state index contributed by atoms with van der Waals surface area (Å²) in [5.41, 5.74) is 4.80. The van der Waals surface area contributed by atoms with Crippen LogP contribution in [-0.4, -0.2) is 21.0 Å². The number of ether oxygens (including phenoxy) is 1. The molecule has 1 aliphatic rings. The molecule has 1 aliphatic heterocycles. The van der Waals surface area contributed by atoms with Crippen LogP contribution in [0.25, 0.3) is 11.3 Å². The number of aromatic nitrogens is 2. The summed E-state index contributed by atoms with van der Waals surface area (Å²) >= 11 is 0. The third-order valence-corrected chi connectivity index (χ3v) is 5.41. The molecular weight excluding hydrogens is 408 g/mol. The first-order valence-corrected chi connectivity index (χ1v) is 10.0. The second-order valence-corrected chi connectivity index (χ2v) is 7.41. The van der Waals surface area contributed by atoms with Crippen molar-refractivity contribution >= 4 is 11.6 Å². The first-order chi connectivity index (χ1) is 15.6. The number of carbonyl (C=O) groups is 1. The fourth-order valence-electron chi connectivity index (χ4n) is 3.78. The Morgan fingerprint density at radius 3 is 2.38 bits per heavy atom. The average Bonchev–Trinajstić information content (AvgIpc) is 3.40. The highest BCUT2D eigenvalue weighted by molar-refractivity contribution is 6.00. The molecule has 0 saturated heterocycles. The molecule has 1 unspecified atom stereocenters. The number of hydrogen-bond acceptors (Lipinski definition) is 5. The molecule has 0 spiro atoms. The van der Waals surface area contributed by atoms with Crippen LogP contribution in [0.15, 0.2) is 78.9 Å². The monoisotopic (exact) mass is 426 g/mol. The topological polar surface area (TPSA) is 110 Å². The van der Waals surface area contributed by atoms with Gasteiger partial charge in [-0.05, 0) is 35.4 Å². The van der Waals surface area contributed by atoms with E-state index in [0.29, 0.717) is 18.1 Å². The molecule has 1 amide bonds. The van der Waals surface area contributed by atoms with Crippen LogP contribution in [0.3, 0.4) is 0 Å². The maximum atomic E-state index is 12.4. The van der Waals surface area contributed by atoms with Crippen LogP contribution in [0.5, 0.6) is 5.75 Å². The number of benzene rings is 3. The second kappa shape index (κ2) is 7.99. The van der Waals surface area contributed by atoms with Crippen molar-refractivity contribution < 1.29 is 14.5 Å². The number of hydrogen-bond donors (Lipinski definition) is 2. The highest BCUT2D eigenvalue weighted by atomic mass is 16.6. The lowest BCUT2D eigenvalue weighted by molar-refractivity contribution is -0.384. The molecule has 3 aromatic carbocycles. The minimum atomic E-state index is -0.431. The molecule has 0 aliphatic carbocycles. The van der Waals surface area contributed by atoms with Gasteiger partial charge in [-0.2, -0.15) is 5.10 Å². The number of rotatable bonds is 6.